The Kier molecular flexibility index (Phi) is 7.72. The van der Waals surface area contributed by atoms with Crippen molar-refractivity contribution in [2.45, 2.75) is 12.5 Å². The van der Waals surface area contributed by atoms with Crippen LogP contribution in [0.25, 0.3) is 0 Å². The molecule has 3 aromatic carbocycles. The predicted octanol–water partition coefficient (Wildman–Crippen LogP) is 2.89. The summed E-state index contributed by atoms with van der Waals surface area (Å²) in [7, 11) is -3.16. The zero-order valence-corrected chi connectivity index (χ0v) is 20.5. The van der Waals surface area contributed by atoms with E-state index in [0.717, 1.165) is 12.1 Å². The molecule has 1 saturated heterocycles. The van der Waals surface area contributed by atoms with Crippen LogP contribution in [-0.2, 0) is 21.1 Å². The number of sulfone groups is 1. The molecule has 0 aliphatic carbocycles. The van der Waals surface area contributed by atoms with Gasteiger partial charge in [-0.2, -0.15) is 0 Å². The number of phenolic OH excluding ortho intramolecular Hbond substituents is 1. The molecule has 3 aromatic rings. The van der Waals surface area contributed by atoms with Gasteiger partial charge in [-0.05, 0) is 48.0 Å². The van der Waals surface area contributed by atoms with Gasteiger partial charge in [0.1, 0.15) is 23.4 Å². The molecule has 0 bridgehead atoms. The molecule has 2 amide bonds. The average Bonchev–Trinajstić information content (AvgIpc) is 2.85. The molecule has 1 fully saturated rings. The normalized spacial score (nSPS) is 15.6. The van der Waals surface area contributed by atoms with Crippen LogP contribution < -0.4 is 15.5 Å². The Hall–Kier alpha value is -3.99. The second-order valence-electron chi connectivity index (χ2n) is 8.67. The Morgan fingerprint density at radius 2 is 1.65 bits per heavy atom. The van der Waals surface area contributed by atoms with E-state index in [1.807, 2.05) is 0 Å². The summed E-state index contributed by atoms with van der Waals surface area (Å²) in [6.45, 7) is 0.357. The summed E-state index contributed by atoms with van der Waals surface area (Å²) in [6.07, 6.45) is -0.00108. The van der Waals surface area contributed by atoms with E-state index in [1.165, 1.54) is 42.5 Å². The summed E-state index contributed by atoms with van der Waals surface area (Å²) in [5.74, 6) is -2.98. The number of phenols is 1. The molecule has 1 heterocycles. The van der Waals surface area contributed by atoms with E-state index in [4.69, 9.17) is 0 Å². The van der Waals surface area contributed by atoms with Crippen LogP contribution in [0, 0.1) is 11.6 Å². The van der Waals surface area contributed by atoms with Crippen molar-refractivity contribution in [1.29, 1.82) is 0 Å². The maximum atomic E-state index is 14.2. The summed E-state index contributed by atoms with van der Waals surface area (Å²) < 4.78 is 52.0. The van der Waals surface area contributed by atoms with Crippen molar-refractivity contribution in [2.75, 3.05) is 34.8 Å². The molecule has 0 aromatic heterocycles. The van der Waals surface area contributed by atoms with Gasteiger partial charge in [0.25, 0.3) is 5.91 Å². The molecule has 37 heavy (non-hydrogen) atoms. The van der Waals surface area contributed by atoms with Gasteiger partial charge in [-0.1, -0.05) is 24.3 Å². The van der Waals surface area contributed by atoms with Crippen LogP contribution >= 0.6 is 0 Å². The summed E-state index contributed by atoms with van der Waals surface area (Å²) in [4.78, 5) is 27.9. The first-order valence-corrected chi connectivity index (χ1v) is 13.3. The zero-order valence-electron chi connectivity index (χ0n) is 19.7. The first kappa shape index (κ1) is 26.1. The number of benzene rings is 3. The van der Waals surface area contributed by atoms with E-state index in [1.54, 1.807) is 17.0 Å². The van der Waals surface area contributed by atoms with Crippen LogP contribution in [0.2, 0.25) is 0 Å². The molecule has 1 aliphatic heterocycles. The minimum atomic E-state index is -3.16. The van der Waals surface area contributed by atoms with Gasteiger partial charge in [0.05, 0.1) is 28.4 Å². The topological polar surface area (TPSA) is 116 Å². The third-order valence-electron chi connectivity index (χ3n) is 6.02. The highest BCUT2D eigenvalue weighted by molar-refractivity contribution is 7.91. The van der Waals surface area contributed by atoms with Crippen molar-refractivity contribution in [1.82, 2.24) is 5.32 Å². The van der Waals surface area contributed by atoms with Gasteiger partial charge < -0.3 is 20.6 Å². The molecule has 3 N–H and O–H groups in total. The van der Waals surface area contributed by atoms with Gasteiger partial charge in [-0.3, -0.25) is 9.59 Å². The zero-order chi connectivity index (χ0) is 26.6. The second-order valence-corrected chi connectivity index (χ2v) is 11.0. The average molecular weight is 530 g/mol. The predicted molar refractivity (Wildman–Crippen MR) is 135 cm³/mol. The van der Waals surface area contributed by atoms with Crippen LogP contribution in [0.1, 0.15) is 15.9 Å². The van der Waals surface area contributed by atoms with E-state index in [9.17, 15) is 31.9 Å². The largest absolute Gasteiger partial charge is 0.508 e. The fraction of sp³-hybridized carbons (Fsp3) is 0.231. The lowest BCUT2D eigenvalue weighted by Gasteiger charge is -2.31. The summed E-state index contributed by atoms with van der Waals surface area (Å²) in [5.41, 5.74) is 0.910. The fourth-order valence-corrected chi connectivity index (χ4v) is 5.22. The van der Waals surface area contributed by atoms with Crippen LogP contribution in [0.4, 0.5) is 20.2 Å². The first-order chi connectivity index (χ1) is 17.6. The Bertz CT molecular complexity index is 1400. The minimum absolute atomic E-state index is 0.00108. The van der Waals surface area contributed by atoms with Crippen LogP contribution in [0.3, 0.4) is 0 Å². The molecule has 8 nitrogen and oxygen atoms in total. The lowest BCUT2D eigenvalue weighted by atomic mass is 10.0. The second kappa shape index (κ2) is 11.0. The van der Waals surface area contributed by atoms with Crippen molar-refractivity contribution in [3.05, 3.63) is 89.5 Å². The SMILES string of the molecule is O=C(N[C@H](Cc1ccc(O)cc1)C(=O)Nc1cc(F)ccc1N1CCS(=O)(=O)CC1)c1ccccc1F. The number of rotatable bonds is 7. The molecule has 11 heteroatoms. The third-order valence-corrected chi connectivity index (χ3v) is 7.63. The van der Waals surface area contributed by atoms with Gasteiger partial charge in [-0.15, -0.1) is 0 Å². The summed E-state index contributed by atoms with van der Waals surface area (Å²) in [5, 5.41) is 14.7. The molecule has 0 unspecified atom stereocenters. The van der Waals surface area contributed by atoms with Crippen LogP contribution in [0.5, 0.6) is 5.75 Å². The van der Waals surface area contributed by atoms with Crippen LogP contribution in [0.15, 0.2) is 66.7 Å². The first-order valence-electron chi connectivity index (χ1n) is 11.5. The molecule has 1 aliphatic rings. The number of aromatic hydroxyl groups is 1. The Morgan fingerprint density at radius 3 is 2.32 bits per heavy atom. The minimum Gasteiger partial charge on any atom is -0.508 e. The molecule has 0 radical (unpaired) electrons. The molecular formula is C26H25F2N3O5S. The number of carbonyl (C=O) groups is 2. The van der Waals surface area contributed by atoms with E-state index in [0.29, 0.717) is 11.3 Å². The smallest absolute Gasteiger partial charge is 0.254 e. The van der Waals surface area contributed by atoms with E-state index >= 15 is 0 Å². The monoisotopic (exact) mass is 529 g/mol. The van der Waals surface area contributed by atoms with Gasteiger partial charge in [-0.25, -0.2) is 17.2 Å². The van der Waals surface area contributed by atoms with Gasteiger partial charge in [0, 0.05) is 19.5 Å². The molecule has 4 rings (SSSR count). The molecule has 0 saturated carbocycles. The standard InChI is InChI=1S/C26H25F2N3O5S/c27-18-7-10-24(31-11-13-37(35,36)14-12-31)22(16-18)29-26(34)23(15-17-5-8-19(32)9-6-17)30-25(33)20-3-1-2-4-21(20)28/h1-10,16,23,32H,11-15H2,(H,29,34)(H,30,33)/t23-/m1/s1. The maximum Gasteiger partial charge on any atom is 0.254 e. The maximum absolute atomic E-state index is 14.2. The summed E-state index contributed by atoms with van der Waals surface area (Å²) in [6, 6.07) is 13.9. The highest BCUT2D eigenvalue weighted by atomic mass is 32.2. The molecule has 1 atom stereocenters. The summed E-state index contributed by atoms with van der Waals surface area (Å²) >= 11 is 0. The number of hydrogen-bond acceptors (Lipinski definition) is 6. The highest BCUT2D eigenvalue weighted by Crippen LogP contribution is 2.29. The number of carbonyl (C=O) groups excluding carboxylic acids is 2. The van der Waals surface area contributed by atoms with Crippen molar-refractivity contribution < 1.29 is 31.9 Å². The van der Waals surface area contributed by atoms with Crippen molar-refractivity contribution in [2.24, 2.45) is 0 Å². The highest BCUT2D eigenvalue weighted by Gasteiger charge is 2.27. The van der Waals surface area contributed by atoms with Crippen LogP contribution in [-0.4, -0.2) is 56.0 Å². The molecule has 194 valence electrons. The third kappa shape index (κ3) is 6.62. The van der Waals surface area contributed by atoms with Crippen molar-refractivity contribution in [3.63, 3.8) is 0 Å². The lowest BCUT2D eigenvalue weighted by Crippen LogP contribution is -2.46. The fourth-order valence-electron chi connectivity index (χ4n) is 4.02. The van der Waals surface area contributed by atoms with Gasteiger partial charge in [0.15, 0.2) is 9.84 Å². The Balaban J connectivity index is 1.60. The van der Waals surface area contributed by atoms with Gasteiger partial charge in [0.2, 0.25) is 5.91 Å². The number of halogens is 2. The number of hydrogen-bond donors (Lipinski definition) is 3. The van der Waals surface area contributed by atoms with E-state index < -0.39 is 39.3 Å². The number of nitrogens with zero attached hydrogens (tertiary/aromatic N) is 1. The number of anilines is 2. The van der Waals surface area contributed by atoms with Crippen molar-refractivity contribution >= 4 is 33.0 Å². The number of nitrogens with one attached hydrogen (secondary N) is 2. The van der Waals surface area contributed by atoms with Gasteiger partial charge >= 0.3 is 0 Å². The Morgan fingerprint density at radius 1 is 0.973 bits per heavy atom. The molecule has 0 spiro atoms. The van der Waals surface area contributed by atoms with E-state index in [-0.39, 0.29) is 48.0 Å². The van der Waals surface area contributed by atoms with E-state index in [2.05, 4.69) is 10.6 Å². The quantitative estimate of drug-likeness (QED) is 0.434. The number of amides is 2. The Labute approximate surface area is 212 Å². The molecular weight excluding hydrogens is 504 g/mol. The lowest BCUT2D eigenvalue weighted by molar-refractivity contribution is -0.118. The van der Waals surface area contributed by atoms with Crippen molar-refractivity contribution in [3.8, 4) is 5.75 Å².